The van der Waals surface area contributed by atoms with Crippen molar-refractivity contribution in [3.8, 4) is 0 Å². The molecule has 0 spiro atoms. The lowest BCUT2D eigenvalue weighted by Crippen LogP contribution is -2.17. The first-order valence-corrected chi connectivity index (χ1v) is 7.57. The van der Waals surface area contributed by atoms with Crippen molar-refractivity contribution in [3.63, 3.8) is 0 Å². The van der Waals surface area contributed by atoms with E-state index in [4.69, 9.17) is 11.6 Å². The van der Waals surface area contributed by atoms with E-state index in [2.05, 4.69) is 24.3 Å². The third-order valence-corrected chi connectivity index (χ3v) is 3.94. The fourth-order valence-electron chi connectivity index (χ4n) is 2.15. The predicted molar refractivity (Wildman–Crippen MR) is 86.0 cm³/mol. The van der Waals surface area contributed by atoms with Crippen LogP contribution < -0.4 is 5.32 Å². The predicted octanol–water partition coefficient (Wildman–Crippen LogP) is 4.32. The van der Waals surface area contributed by atoms with Crippen LogP contribution in [0, 0.1) is 0 Å². The van der Waals surface area contributed by atoms with E-state index in [1.807, 2.05) is 31.2 Å². The SMILES string of the molecule is CC[C@H](C)c1ccc(NC(=O)c2c(Cl)cnn2CC)cc1. The third-order valence-electron chi connectivity index (χ3n) is 3.66. The number of anilines is 1. The van der Waals surface area contributed by atoms with Crippen LogP contribution in [0.2, 0.25) is 5.02 Å². The molecule has 1 amide bonds. The van der Waals surface area contributed by atoms with Gasteiger partial charge in [-0.2, -0.15) is 5.10 Å². The van der Waals surface area contributed by atoms with Gasteiger partial charge in [-0.05, 0) is 37.0 Å². The third kappa shape index (κ3) is 3.45. The van der Waals surface area contributed by atoms with E-state index in [9.17, 15) is 4.79 Å². The number of nitrogens with zero attached hydrogens (tertiary/aromatic N) is 2. The van der Waals surface area contributed by atoms with Crippen LogP contribution in [0.4, 0.5) is 5.69 Å². The molecule has 0 aliphatic carbocycles. The highest BCUT2D eigenvalue weighted by Crippen LogP contribution is 2.22. The summed E-state index contributed by atoms with van der Waals surface area (Å²) in [4.78, 5) is 12.3. The van der Waals surface area contributed by atoms with Crippen LogP contribution >= 0.6 is 11.6 Å². The number of benzene rings is 1. The van der Waals surface area contributed by atoms with Gasteiger partial charge in [0.05, 0.1) is 11.2 Å². The molecule has 0 radical (unpaired) electrons. The molecule has 1 heterocycles. The number of hydrogen-bond donors (Lipinski definition) is 1. The van der Waals surface area contributed by atoms with E-state index >= 15 is 0 Å². The van der Waals surface area contributed by atoms with Crippen LogP contribution in [-0.4, -0.2) is 15.7 Å². The monoisotopic (exact) mass is 305 g/mol. The topological polar surface area (TPSA) is 46.9 Å². The summed E-state index contributed by atoms with van der Waals surface area (Å²) >= 11 is 6.03. The summed E-state index contributed by atoms with van der Waals surface area (Å²) in [6.45, 7) is 6.87. The Morgan fingerprint density at radius 2 is 2.00 bits per heavy atom. The van der Waals surface area contributed by atoms with E-state index < -0.39 is 0 Å². The first-order chi connectivity index (χ1) is 10.1. The molecule has 0 aliphatic rings. The minimum atomic E-state index is -0.240. The van der Waals surface area contributed by atoms with Gasteiger partial charge in [0.15, 0.2) is 0 Å². The average molecular weight is 306 g/mol. The lowest BCUT2D eigenvalue weighted by molar-refractivity contribution is 0.101. The van der Waals surface area contributed by atoms with Crippen molar-refractivity contribution in [2.45, 2.75) is 39.7 Å². The van der Waals surface area contributed by atoms with Crippen molar-refractivity contribution in [3.05, 3.63) is 46.7 Å². The van der Waals surface area contributed by atoms with Gasteiger partial charge in [-0.3, -0.25) is 9.48 Å². The molecule has 112 valence electrons. The molecule has 2 rings (SSSR count). The molecule has 0 fully saturated rings. The minimum Gasteiger partial charge on any atom is -0.321 e. The van der Waals surface area contributed by atoms with Gasteiger partial charge in [0, 0.05) is 12.2 Å². The van der Waals surface area contributed by atoms with Gasteiger partial charge < -0.3 is 5.32 Å². The summed E-state index contributed by atoms with van der Waals surface area (Å²) in [5.41, 5.74) is 2.42. The summed E-state index contributed by atoms with van der Waals surface area (Å²) in [6.07, 6.45) is 2.59. The fourth-order valence-corrected chi connectivity index (χ4v) is 2.38. The highest BCUT2D eigenvalue weighted by Gasteiger charge is 2.16. The number of hydrogen-bond acceptors (Lipinski definition) is 2. The standard InChI is InChI=1S/C16H20ClN3O/c1-4-11(3)12-6-8-13(9-7-12)19-16(21)15-14(17)10-18-20(15)5-2/h6-11H,4-5H2,1-3H3,(H,19,21)/t11-/m0/s1. The van der Waals surface area contributed by atoms with E-state index in [1.54, 1.807) is 4.68 Å². The van der Waals surface area contributed by atoms with Gasteiger partial charge in [-0.15, -0.1) is 0 Å². The number of halogens is 1. The molecule has 1 aromatic carbocycles. The van der Waals surface area contributed by atoms with Crippen LogP contribution in [0.3, 0.4) is 0 Å². The number of carbonyl (C=O) groups excluding carboxylic acids is 1. The zero-order valence-electron chi connectivity index (χ0n) is 12.6. The van der Waals surface area contributed by atoms with Gasteiger partial charge in [-0.25, -0.2) is 0 Å². The molecular formula is C16H20ClN3O. The second kappa shape index (κ2) is 6.76. The summed E-state index contributed by atoms with van der Waals surface area (Å²) in [7, 11) is 0. The zero-order chi connectivity index (χ0) is 15.4. The van der Waals surface area contributed by atoms with Crippen LogP contribution in [0.1, 0.15) is 49.2 Å². The Bertz CT molecular complexity index is 619. The van der Waals surface area contributed by atoms with Crippen LogP contribution in [-0.2, 0) is 6.54 Å². The Kier molecular flexibility index (Phi) is 5.02. The van der Waals surface area contributed by atoms with Crippen molar-refractivity contribution in [1.82, 2.24) is 9.78 Å². The Morgan fingerprint density at radius 1 is 1.33 bits per heavy atom. The molecule has 0 bridgehead atoms. The summed E-state index contributed by atoms with van der Waals surface area (Å²) in [6, 6.07) is 7.92. The summed E-state index contributed by atoms with van der Waals surface area (Å²) in [5, 5.41) is 7.30. The van der Waals surface area contributed by atoms with E-state index in [-0.39, 0.29) is 5.91 Å². The first-order valence-electron chi connectivity index (χ1n) is 7.19. The van der Waals surface area contributed by atoms with E-state index in [1.165, 1.54) is 11.8 Å². The lowest BCUT2D eigenvalue weighted by Gasteiger charge is -2.11. The number of nitrogens with one attached hydrogen (secondary N) is 1. The highest BCUT2D eigenvalue weighted by molar-refractivity contribution is 6.34. The van der Waals surface area contributed by atoms with Gasteiger partial charge >= 0.3 is 0 Å². The van der Waals surface area contributed by atoms with Crippen molar-refractivity contribution >= 4 is 23.2 Å². The molecule has 0 saturated heterocycles. The Hall–Kier alpha value is -1.81. The highest BCUT2D eigenvalue weighted by atomic mass is 35.5. The summed E-state index contributed by atoms with van der Waals surface area (Å²) < 4.78 is 1.59. The lowest BCUT2D eigenvalue weighted by atomic mass is 9.99. The van der Waals surface area contributed by atoms with Crippen LogP contribution in [0.25, 0.3) is 0 Å². The van der Waals surface area contributed by atoms with Crippen molar-refractivity contribution in [2.75, 3.05) is 5.32 Å². The average Bonchev–Trinajstić information content (AvgIpc) is 2.88. The number of aromatic nitrogens is 2. The number of rotatable bonds is 5. The second-order valence-electron chi connectivity index (χ2n) is 5.04. The molecule has 0 aliphatic heterocycles. The maximum Gasteiger partial charge on any atom is 0.275 e. The Labute approximate surface area is 130 Å². The van der Waals surface area contributed by atoms with Crippen LogP contribution in [0.5, 0.6) is 0 Å². The van der Waals surface area contributed by atoms with Gasteiger partial charge in [-0.1, -0.05) is 37.6 Å². The van der Waals surface area contributed by atoms with E-state index in [0.29, 0.717) is 23.2 Å². The zero-order valence-corrected chi connectivity index (χ0v) is 13.3. The van der Waals surface area contributed by atoms with Crippen LogP contribution in [0.15, 0.2) is 30.5 Å². The molecule has 21 heavy (non-hydrogen) atoms. The molecule has 1 atom stereocenters. The molecule has 1 aromatic heterocycles. The molecule has 2 aromatic rings. The van der Waals surface area contributed by atoms with E-state index in [0.717, 1.165) is 12.1 Å². The largest absolute Gasteiger partial charge is 0.321 e. The second-order valence-corrected chi connectivity index (χ2v) is 5.45. The minimum absolute atomic E-state index is 0.240. The maximum absolute atomic E-state index is 12.3. The van der Waals surface area contributed by atoms with Gasteiger partial charge in [0.2, 0.25) is 0 Å². The summed E-state index contributed by atoms with van der Waals surface area (Å²) in [5.74, 6) is 0.279. The molecule has 0 saturated carbocycles. The normalized spacial score (nSPS) is 12.2. The molecule has 0 unspecified atom stereocenters. The Balaban J connectivity index is 2.14. The number of amides is 1. The first kappa shape index (κ1) is 15.6. The quantitative estimate of drug-likeness (QED) is 0.894. The van der Waals surface area contributed by atoms with Gasteiger partial charge in [0.25, 0.3) is 5.91 Å². The Morgan fingerprint density at radius 3 is 2.57 bits per heavy atom. The molecule has 5 heteroatoms. The van der Waals surface area contributed by atoms with Crippen molar-refractivity contribution in [1.29, 1.82) is 0 Å². The maximum atomic E-state index is 12.3. The molecule has 1 N–H and O–H groups in total. The molecule has 4 nitrogen and oxygen atoms in total. The van der Waals surface area contributed by atoms with Crippen molar-refractivity contribution < 1.29 is 4.79 Å². The number of carbonyl (C=O) groups is 1. The van der Waals surface area contributed by atoms with Crippen molar-refractivity contribution in [2.24, 2.45) is 0 Å². The smallest absolute Gasteiger partial charge is 0.275 e. The number of aryl methyl sites for hydroxylation is 1. The fraction of sp³-hybridized carbons (Fsp3) is 0.375. The van der Waals surface area contributed by atoms with Gasteiger partial charge in [0.1, 0.15) is 5.69 Å². The molecular weight excluding hydrogens is 286 g/mol.